The first-order valence-corrected chi connectivity index (χ1v) is 10.0. The van der Waals surface area contributed by atoms with Crippen LogP contribution in [0.4, 0.5) is 11.4 Å². The monoisotopic (exact) mass is 417 g/mol. The highest BCUT2D eigenvalue weighted by molar-refractivity contribution is 7.93. The van der Waals surface area contributed by atoms with Crippen molar-refractivity contribution in [2.75, 3.05) is 11.8 Å². The van der Waals surface area contributed by atoms with Gasteiger partial charge in [0.25, 0.3) is 15.7 Å². The average Bonchev–Trinajstić information content (AvgIpc) is 3.03. The van der Waals surface area contributed by atoms with Crippen LogP contribution in [-0.2, 0) is 26.1 Å². The van der Waals surface area contributed by atoms with Crippen LogP contribution in [0.5, 0.6) is 0 Å². The predicted octanol–water partition coefficient (Wildman–Crippen LogP) is 3.14. The molecule has 0 aliphatic carbocycles. The van der Waals surface area contributed by atoms with Gasteiger partial charge in [0.15, 0.2) is 0 Å². The second-order valence-electron chi connectivity index (χ2n) is 6.56. The third-order valence-corrected chi connectivity index (χ3v) is 6.02. The second-order valence-corrected chi connectivity index (χ2v) is 8.21. The molecule has 9 nitrogen and oxygen atoms in total. The van der Waals surface area contributed by atoms with Crippen LogP contribution in [-0.4, -0.2) is 31.0 Å². The van der Waals surface area contributed by atoms with Crippen molar-refractivity contribution in [1.82, 2.24) is 4.57 Å². The van der Waals surface area contributed by atoms with E-state index in [0.717, 1.165) is 11.1 Å². The van der Waals surface area contributed by atoms with Crippen LogP contribution in [0, 0.1) is 24.0 Å². The minimum Gasteiger partial charge on any atom is -0.468 e. The van der Waals surface area contributed by atoms with Gasteiger partial charge in [-0.1, -0.05) is 6.07 Å². The Morgan fingerprint density at radius 2 is 1.90 bits per heavy atom. The lowest BCUT2D eigenvalue weighted by Crippen LogP contribution is -2.13. The molecule has 0 atom stereocenters. The van der Waals surface area contributed by atoms with E-state index in [-0.39, 0.29) is 22.5 Å². The number of carbonyl (C=O) groups excluding carboxylic acids is 1. The van der Waals surface area contributed by atoms with Crippen LogP contribution in [0.3, 0.4) is 0 Å². The molecule has 3 aromatic rings. The van der Waals surface area contributed by atoms with Crippen molar-refractivity contribution in [2.24, 2.45) is 0 Å². The topological polar surface area (TPSA) is 121 Å². The van der Waals surface area contributed by atoms with Crippen LogP contribution in [0.15, 0.2) is 47.5 Å². The van der Waals surface area contributed by atoms with Gasteiger partial charge < -0.3 is 9.30 Å². The van der Waals surface area contributed by atoms with Gasteiger partial charge in [-0.25, -0.2) is 8.42 Å². The van der Waals surface area contributed by atoms with Gasteiger partial charge in [0.2, 0.25) is 0 Å². The molecule has 0 radical (unpaired) electrons. The van der Waals surface area contributed by atoms with Crippen LogP contribution in [0.25, 0.3) is 10.9 Å². The molecule has 1 aromatic heterocycles. The Hall–Kier alpha value is -3.40. The highest BCUT2D eigenvalue weighted by atomic mass is 32.2. The van der Waals surface area contributed by atoms with Gasteiger partial charge in [-0.3, -0.25) is 19.6 Å². The van der Waals surface area contributed by atoms with Crippen molar-refractivity contribution in [3.63, 3.8) is 0 Å². The Morgan fingerprint density at radius 1 is 1.17 bits per heavy atom. The zero-order chi connectivity index (χ0) is 21.3. The molecule has 1 N–H and O–H groups in total. The Kier molecular flexibility index (Phi) is 5.29. The molecule has 0 aliphatic heterocycles. The summed E-state index contributed by atoms with van der Waals surface area (Å²) in [6.07, 6.45) is 1.27. The molecular weight excluding hydrogens is 398 g/mol. The van der Waals surface area contributed by atoms with Crippen LogP contribution >= 0.6 is 0 Å². The van der Waals surface area contributed by atoms with Crippen molar-refractivity contribution >= 4 is 38.3 Å². The van der Waals surface area contributed by atoms with Crippen molar-refractivity contribution in [1.29, 1.82) is 0 Å². The maximum absolute atomic E-state index is 13.1. The Labute approximate surface area is 167 Å². The number of fused-ring (bicyclic) bond motifs is 1. The molecule has 29 heavy (non-hydrogen) atoms. The van der Waals surface area contributed by atoms with Crippen molar-refractivity contribution in [3.8, 4) is 0 Å². The number of benzene rings is 2. The van der Waals surface area contributed by atoms with E-state index in [1.807, 2.05) is 13.8 Å². The summed E-state index contributed by atoms with van der Waals surface area (Å²) in [6.45, 7) is 3.54. The number of hydrogen-bond donors (Lipinski definition) is 1. The molecule has 0 amide bonds. The second kappa shape index (κ2) is 7.55. The van der Waals surface area contributed by atoms with E-state index < -0.39 is 20.9 Å². The molecule has 0 saturated carbocycles. The average molecular weight is 417 g/mol. The SMILES string of the molecule is COC(=O)Cn1cc(S(=O)(=O)Nc2ccc(C)c(C)c2)c2cc([N+](=O)[O-])ccc21. The largest absolute Gasteiger partial charge is 0.468 e. The quantitative estimate of drug-likeness (QED) is 0.374. The number of esters is 1. The number of anilines is 1. The Morgan fingerprint density at radius 3 is 2.52 bits per heavy atom. The maximum atomic E-state index is 13.1. The number of nitro groups is 1. The first kappa shape index (κ1) is 20.3. The number of rotatable bonds is 6. The number of hydrogen-bond acceptors (Lipinski definition) is 6. The molecule has 0 spiro atoms. The van der Waals surface area contributed by atoms with Crippen LogP contribution in [0.1, 0.15) is 11.1 Å². The predicted molar refractivity (Wildman–Crippen MR) is 107 cm³/mol. The van der Waals surface area contributed by atoms with Gasteiger partial charge in [0.1, 0.15) is 11.4 Å². The highest BCUT2D eigenvalue weighted by Crippen LogP contribution is 2.30. The van der Waals surface area contributed by atoms with E-state index in [1.165, 1.54) is 36.1 Å². The summed E-state index contributed by atoms with van der Waals surface area (Å²) in [7, 11) is -2.86. The van der Waals surface area contributed by atoms with Crippen molar-refractivity contribution in [3.05, 3.63) is 63.8 Å². The number of nitrogens with one attached hydrogen (secondary N) is 1. The van der Waals surface area contributed by atoms with Gasteiger partial charge in [-0.15, -0.1) is 0 Å². The summed E-state index contributed by atoms with van der Waals surface area (Å²) >= 11 is 0. The van der Waals surface area contributed by atoms with E-state index in [9.17, 15) is 23.3 Å². The molecule has 2 aromatic carbocycles. The Balaban J connectivity index is 2.14. The standard InChI is InChI=1S/C19H19N3O6S/c1-12-4-5-14(8-13(12)2)20-29(26,27)18-10-21(11-19(23)28-3)17-7-6-15(22(24)25)9-16(17)18/h4-10,20H,11H2,1-3H3. The lowest BCUT2D eigenvalue weighted by molar-refractivity contribution is -0.384. The smallest absolute Gasteiger partial charge is 0.325 e. The normalized spacial score (nSPS) is 11.4. The molecule has 3 rings (SSSR count). The third kappa shape index (κ3) is 4.06. The van der Waals surface area contributed by atoms with Gasteiger partial charge in [-0.2, -0.15) is 0 Å². The summed E-state index contributed by atoms with van der Waals surface area (Å²) in [4.78, 5) is 22.1. The van der Waals surface area contributed by atoms with Gasteiger partial charge in [0.05, 0.1) is 17.5 Å². The molecule has 0 saturated heterocycles. The number of methoxy groups -OCH3 is 1. The zero-order valence-electron chi connectivity index (χ0n) is 16.0. The first-order chi connectivity index (χ1) is 13.6. The summed E-state index contributed by atoms with van der Waals surface area (Å²) in [5.41, 5.74) is 2.40. The van der Waals surface area contributed by atoms with E-state index in [0.29, 0.717) is 11.2 Å². The van der Waals surface area contributed by atoms with Gasteiger partial charge >= 0.3 is 5.97 Å². The number of aryl methyl sites for hydroxylation is 2. The number of nitrogens with zero attached hydrogens (tertiary/aromatic N) is 2. The fraction of sp³-hybridized carbons (Fsp3) is 0.211. The maximum Gasteiger partial charge on any atom is 0.325 e. The lowest BCUT2D eigenvalue weighted by atomic mass is 10.1. The van der Waals surface area contributed by atoms with Crippen molar-refractivity contribution < 1.29 is 22.9 Å². The number of sulfonamides is 1. The van der Waals surface area contributed by atoms with E-state index in [2.05, 4.69) is 9.46 Å². The Bertz CT molecular complexity index is 1230. The summed E-state index contributed by atoms with van der Waals surface area (Å²) in [5.74, 6) is -0.577. The van der Waals surface area contributed by atoms with Crippen LogP contribution in [0.2, 0.25) is 0 Å². The number of carbonyl (C=O) groups is 1. The first-order valence-electron chi connectivity index (χ1n) is 8.56. The minimum absolute atomic E-state index is 0.138. The zero-order valence-corrected chi connectivity index (χ0v) is 16.8. The summed E-state index contributed by atoms with van der Waals surface area (Å²) < 4.78 is 34.6. The van der Waals surface area contributed by atoms with Gasteiger partial charge in [-0.05, 0) is 43.2 Å². The molecule has 10 heteroatoms. The third-order valence-electron chi connectivity index (χ3n) is 4.61. The molecule has 152 valence electrons. The number of aromatic nitrogens is 1. The van der Waals surface area contributed by atoms with Crippen molar-refractivity contribution in [2.45, 2.75) is 25.3 Å². The molecule has 1 heterocycles. The lowest BCUT2D eigenvalue weighted by Gasteiger charge is -2.09. The van der Waals surface area contributed by atoms with Gasteiger partial charge in [0, 0.05) is 29.4 Å². The molecular formula is C19H19N3O6S. The van der Waals surface area contributed by atoms with Crippen LogP contribution < -0.4 is 4.72 Å². The minimum atomic E-state index is -4.08. The fourth-order valence-corrected chi connectivity index (χ4v) is 4.20. The van der Waals surface area contributed by atoms with E-state index >= 15 is 0 Å². The van der Waals surface area contributed by atoms with E-state index in [4.69, 9.17) is 0 Å². The molecule has 0 aliphatic rings. The number of ether oxygens (including phenoxy) is 1. The molecule has 0 unspecified atom stereocenters. The number of non-ortho nitro benzene ring substituents is 1. The molecule has 0 fully saturated rings. The fourth-order valence-electron chi connectivity index (χ4n) is 2.93. The molecule has 0 bridgehead atoms. The summed E-state index contributed by atoms with van der Waals surface area (Å²) in [5, 5.41) is 11.3. The van der Waals surface area contributed by atoms with E-state index in [1.54, 1.807) is 18.2 Å². The number of nitro benzene ring substituents is 1. The highest BCUT2D eigenvalue weighted by Gasteiger charge is 2.24. The summed E-state index contributed by atoms with van der Waals surface area (Å²) in [6, 6.07) is 8.96.